The Balaban J connectivity index is 1.68. The largest absolute Gasteiger partial charge is 0.508 e. The minimum atomic E-state index is -0.332. The van der Waals surface area contributed by atoms with E-state index in [2.05, 4.69) is 10.5 Å². The monoisotopic (exact) mass is 365 g/mol. The maximum atomic E-state index is 12.9. The number of phenolic OH excluding ortho intramolecular Hbond substituents is 1. The zero-order chi connectivity index (χ0) is 19.4. The highest BCUT2D eigenvalue weighted by Crippen LogP contribution is 2.21. The molecule has 1 heterocycles. The third-order valence-corrected chi connectivity index (χ3v) is 4.25. The van der Waals surface area contributed by atoms with Gasteiger partial charge in [0.05, 0.1) is 12.6 Å². The molecule has 0 aliphatic carbocycles. The molecular weight excluding hydrogens is 345 g/mol. The van der Waals surface area contributed by atoms with Crippen LogP contribution in [0, 0.1) is 19.7 Å². The van der Waals surface area contributed by atoms with Crippen molar-refractivity contribution in [3.05, 3.63) is 82.9 Å². The van der Waals surface area contributed by atoms with E-state index in [4.69, 9.17) is 0 Å². The van der Waals surface area contributed by atoms with Gasteiger partial charge >= 0.3 is 0 Å². The van der Waals surface area contributed by atoms with Gasteiger partial charge in [-0.1, -0.05) is 12.1 Å². The Labute approximate surface area is 156 Å². The summed E-state index contributed by atoms with van der Waals surface area (Å²) < 4.78 is 14.9. The van der Waals surface area contributed by atoms with Crippen molar-refractivity contribution in [2.75, 3.05) is 0 Å². The number of benzene rings is 2. The first kappa shape index (κ1) is 18.4. The zero-order valence-electron chi connectivity index (χ0n) is 15.1. The van der Waals surface area contributed by atoms with Gasteiger partial charge in [0.2, 0.25) is 5.91 Å². The van der Waals surface area contributed by atoms with E-state index in [1.807, 2.05) is 36.6 Å². The lowest BCUT2D eigenvalue weighted by molar-refractivity contribution is -0.120. The van der Waals surface area contributed by atoms with Crippen molar-refractivity contribution in [1.29, 1.82) is 0 Å². The van der Waals surface area contributed by atoms with Crippen LogP contribution in [-0.4, -0.2) is 21.8 Å². The van der Waals surface area contributed by atoms with Gasteiger partial charge in [-0.05, 0) is 61.9 Å². The molecule has 2 aromatic carbocycles. The summed E-state index contributed by atoms with van der Waals surface area (Å²) in [6, 6.07) is 14.7. The van der Waals surface area contributed by atoms with Crippen molar-refractivity contribution in [3.63, 3.8) is 0 Å². The lowest BCUT2D eigenvalue weighted by Gasteiger charge is -2.09. The van der Waals surface area contributed by atoms with Crippen LogP contribution in [0.2, 0.25) is 0 Å². The molecule has 138 valence electrons. The Morgan fingerprint density at radius 1 is 1.15 bits per heavy atom. The van der Waals surface area contributed by atoms with Crippen molar-refractivity contribution in [3.8, 4) is 11.4 Å². The summed E-state index contributed by atoms with van der Waals surface area (Å²) in [7, 11) is 0. The molecule has 0 saturated carbocycles. The molecule has 0 spiro atoms. The van der Waals surface area contributed by atoms with E-state index in [9.17, 15) is 14.3 Å². The Bertz CT molecular complexity index is 974. The van der Waals surface area contributed by atoms with Gasteiger partial charge in [-0.3, -0.25) is 4.79 Å². The fourth-order valence-electron chi connectivity index (χ4n) is 2.92. The summed E-state index contributed by atoms with van der Waals surface area (Å²) in [5, 5.41) is 13.5. The van der Waals surface area contributed by atoms with Gasteiger partial charge in [-0.25, -0.2) is 9.82 Å². The van der Waals surface area contributed by atoms with Crippen LogP contribution in [0.15, 0.2) is 59.7 Å². The van der Waals surface area contributed by atoms with Gasteiger partial charge in [-0.15, -0.1) is 0 Å². The maximum absolute atomic E-state index is 12.9. The number of hydrazone groups is 1. The Kier molecular flexibility index (Phi) is 5.35. The topological polar surface area (TPSA) is 66.6 Å². The van der Waals surface area contributed by atoms with Crippen LogP contribution in [0.1, 0.15) is 22.5 Å². The highest BCUT2D eigenvalue weighted by Gasteiger charge is 2.09. The standard InChI is InChI=1S/C21H20FN3O2/c1-14-11-17(15(2)25(14)19-7-9-20(26)10-8-19)13-23-24-21(27)12-16-3-5-18(22)6-4-16/h3-11,13,26H,12H2,1-2H3,(H,24,27)/b23-13+. The van der Waals surface area contributed by atoms with Crippen LogP contribution < -0.4 is 5.43 Å². The summed E-state index contributed by atoms with van der Waals surface area (Å²) in [4.78, 5) is 12.0. The van der Waals surface area contributed by atoms with Crippen LogP contribution in [0.4, 0.5) is 4.39 Å². The number of aromatic hydroxyl groups is 1. The molecule has 27 heavy (non-hydrogen) atoms. The van der Waals surface area contributed by atoms with E-state index < -0.39 is 0 Å². The van der Waals surface area contributed by atoms with Crippen molar-refractivity contribution in [1.82, 2.24) is 9.99 Å². The van der Waals surface area contributed by atoms with Crippen molar-refractivity contribution in [2.45, 2.75) is 20.3 Å². The van der Waals surface area contributed by atoms with Gasteiger partial charge in [0.15, 0.2) is 0 Å². The third-order valence-electron chi connectivity index (χ3n) is 4.25. The minimum absolute atomic E-state index is 0.129. The average molecular weight is 365 g/mol. The smallest absolute Gasteiger partial charge is 0.244 e. The first-order chi connectivity index (χ1) is 12.9. The minimum Gasteiger partial charge on any atom is -0.508 e. The first-order valence-corrected chi connectivity index (χ1v) is 8.49. The molecule has 0 atom stereocenters. The normalized spacial score (nSPS) is 11.1. The zero-order valence-corrected chi connectivity index (χ0v) is 15.1. The van der Waals surface area contributed by atoms with E-state index in [0.717, 1.165) is 28.2 Å². The number of rotatable bonds is 5. The number of aromatic nitrogens is 1. The molecule has 0 aliphatic rings. The van der Waals surface area contributed by atoms with Gasteiger partial charge in [0.1, 0.15) is 11.6 Å². The summed E-state index contributed by atoms with van der Waals surface area (Å²) in [6.45, 7) is 3.94. The number of hydrogen-bond donors (Lipinski definition) is 2. The summed E-state index contributed by atoms with van der Waals surface area (Å²) in [5.41, 5.74) is 7.00. The molecule has 1 aromatic heterocycles. The van der Waals surface area contributed by atoms with Crippen LogP contribution in [-0.2, 0) is 11.2 Å². The molecule has 1 amide bonds. The predicted molar refractivity (Wildman–Crippen MR) is 103 cm³/mol. The molecule has 3 rings (SSSR count). The quantitative estimate of drug-likeness (QED) is 0.536. The van der Waals surface area contributed by atoms with Crippen LogP contribution in [0.5, 0.6) is 5.75 Å². The number of nitrogens with zero attached hydrogens (tertiary/aromatic N) is 2. The molecule has 0 saturated heterocycles. The lowest BCUT2D eigenvalue weighted by atomic mass is 10.1. The Morgan fingerprint density at radius 2 is 1.81 bits per heavy atom. The fourth-order valence-corrected chi connectivity index (χ4v) is 2.92. The predicted octanol–water partition coefficient (Wildman–Crippen LogP) is 3.63. The van der Waals surface area contributed by atoms with E-state index in [-0.39, 0.29) is 23.9 Å². The fraction of sp³-hybridized carbons (Fsp3) is 0.143. The van der Waals surface area contributed by atoms with Gasteiger partial charge in [0.25, 0.3) is 0 Å². The summed E-state index contributed by atoms with van der Waals surface area (Å²) >= 11 is 0. The number of hydrogen-bond acceptors (Lipinski definition) is 3. The highest BCUT2D eigenvalue weighted by atomic mass is 19.1. The summed E-state index contributed by atoms with van der Waals surface area (Å²) in [5.74, 6) is -0.391. The second-order valence-electron chi connectivity index (χ2n) is 6.27. The number of nitrogens with one attached hydrogen (secondary N) is 1. The van der Waals surface area contributed by atoms with Gasteiger partial charge in [0, 0.05) is 22.6 Å². The second-order valence-corrected chi connectivity index (χ2v) is 6.27. The summed E-state index contributed by atoms with van der Waals surface area (Å²) in [6.07, 6.45) is 1.73. The van der Waals surface area contributed by atoms with E-state index in [0.29, 0.717) is 0 Å². The molecule has 0 bridgehead atoms. The molecule has 3 aromatic rings. The molecule has 2 N–H and O–H groups in total. The van der Waals surface area contributed by atoms with Crippen LogP contribution in [0.25, 0.3) is 5.69 Å². The van der Waals surface area contributed by atoms with Crippen LogP contribution in [0.3, 0.4) is 0 Å². The number of phenols is 1. The van der Waals surface area contributed by atoms with Crippen molar-refractivity contribution >= 4 is 12.1 Å². The van der Waals surface area contributed by atoms with Gasteiger partial charge < -0.3 is 9.67 Å². The SMILES string of the molecule is Cc1cc(/C=N/NC(=O)Cc2ccc(F)cc2)c(C)n1-c1ccc(O)cc1. The molecule has 0 aliphatic heterocycles. The Morgan fingerprint density at radius 3 is 2.48 bits per heavy atom. The number of carbonyl (C=O) groups excluding carboxylic acids is 1. The molecule has 0 unspecified atom stereocenters. The van der Waals surface area contributed by atoms with E-state index >= 15 is 0 Å². The second kappa shape index (κ2) is 7.86. The number of aryl methyl sites for hydroxylation is 1. The highest BCUT2D eigenvalue weighted by molar-refractivity contribution is 5.84. The molecule has 0 fully saturated rings. The lowest BCUT2D eigenvalue weighted by Crippen LogP contribution is -2.19. The van der Waals surface area contributed by atoms with E-state index in [1.165, 1.54) is 12.1 Å². The maximum Gasteiger partial charge on any atom is 0.244 e. The molecular formula is C21H20FN3O2. The van der Waals surface area contributed by atoms with Gasteiger partial charge in [-0.2, -0.15) is 5.10 Å². The third kappa shape index (κ3) is 4.41. The number of halogens is 1. The first-order valence-electron chi connectivity index (χ1n) is 8.49. The molecule has 6 heteroatoms. The molecule has 5 nitrogen and oxygen atoms in total. The van der Waals surface area contributed by atoms with E-state index in [1.54, 1.807) is 30.5 Å². The number of amides is 1. The van der Waals surface area contributed by atoms with Crippen molar-refractivity contribution < 1.29 is 14.3 Å². The van der Waals surface area contributed by atoms with Crippen LogP contribution >= 0.6 is 0 Å². The Hall–Kier alpha value is -3.41. The molecule has 0 radical (unpaired) electrons. The van der Waals surface area contributed by atoms with Crippen molar-refractivity contribution in [2.24, 2.45) is 5.10 Å². The average Bonchev–Trinajstić information content (AvgIpc) is 2.92. The number of carbonyl (C=O) groups is 1.